The highest BCUT2D eigenvalue weighted by atomic mass is 35.5. The van der Waals surface area contributed by atoms with E-state index in [2.05, 4.69) is 9.97 Å². The monoisotopic (exact) mass is 185 g/mol. The summed E-state index contributed by atoms with van der Waals surface area (Å²) in [6.45, 7) is 3.90. The lowest BCUT2D eigenvalue weighted by molar-refractivity contribution is 0.461. The summed E-state index contributed by atoms with van der Waals surface area (Å²) in [5.74, 6) is 0. The van der Waals surface area contributed by atoms with E-state index in [9.17, 15) is 0 Å². The molecule has 4 heteroatoms. The van der Waals surface area contributed by atoms with E-state index < -0.39 is 5.54 Å². The van der Waals surface area contributed by atoms with Gasteiger partial charge >= 0.3 is 0 Å². The molecular formula is C8H12ClN3. The van der Waals surface area contributed by atoms with Gasteiger partial charge in [0.05, 0.1) is 16.3 Å². The lowest BCUT2D eigenvalue weighted by Crippen LogP contribution is -2.33. The molecule has 0 aliphatic heterocycles. The molecule has 1 aromatic rings. The average molecular weight is 186 g/mol. The van der Waals surface area contributed by atoms with Crippen LogP contribution in [0.5, 0.6) is 0 Å². The predicted molar refractivity (Wildman–Crippen MR) is 48.9 cm³/mol. The highest BCUT2D eigenvalue weighted by Gasteiger charge is 2.22. The van der Waals surface area contributed by atoms with Gasteiger partial charge in [-0.05, 0) is 13.3 Å². The maximum atomic E-state index is 5.96. The van der Waals surface area contributed by atoms with Gasteiger partial charge in [-0.25, -0.2) is 9.97 Å². The van der Waals surface area contributed by atoms with Crippen molar-refractivity contribution < 1.29 is 0 Å². The van der Waals surface area contributed by atoms with Crippen LogP contribution in [0.25, 0.3) is 0 Å². The van der Waals surface area contributed by atoms with Gasteiger partial charge in [0.15, 0.2) is 0 Å². The number of rotatable bonds is 2. The van der Waals surface area contributed by atoms with Crippen molar-refractivity contribution in [1.82, 2.24) is 9.97 Å². The van der Waals surface area contributed by atoms with Gasteiger partial charge in [0, 0.05) is 6.20 Å². The first kappa shape index (κ1) is 9.42. The van der Waals surface area contributed by atoms with Gasteiger partial charge < -0.3 is 5.73 Å². The summed E-state index contributed by atoms with van der Waals surface area (Å²) in [5, 5.41) is 0.532. The van der Waals surface area contributed by atoms with Crippen LogP contribution >= 0.6 is 11.6 Å². The highest BCUT2D eigenvalue weighted by Crippen LogP contribution is 2.24. The number of aromatic nitrogens is 2. The van der Waals surface area contributed by atoms with E-state index in [0.717, 1.165) is 6.42 Å². The van der Waals surface area contributed by atoms with Gasteiger partial charge in [-0.2, -0.15) is 0 Å². The summed E-state index contributed by atoms with van der Waals surface area (Å²) < 4.78 is 0. The van der Waals surface area contributed by atoms with Crippen molar-refractivity contribution in [3.05, 3.63) is 23.2 Å². The van der Waals surface area contributed by atoms with E-state index in [0.29, 0.717) is 10.7 Å². The van der Waals surface area contributed by atoms with E-state index in [1.54, 1.807) is 6.20 Å². The van der Waals surface area contributed by atoms with E-state index in [1.807, 2.05) is 13.8 Å². The molecule has 0 radical (unpaired) electrons. The zero-order valence-corrected chi connectivity index (χ0v) is 7.97. The molecule has 0 spiro atoms. The molecule has 12 heavy (non-hydrogen) atoms. The first-order chi connectivity index (χ1) is 5.58. The summed E-state index contributed by atoms with van der Waals surface area (Å²) >= 11 is 5.88. The van der Waals surface area contributed by atoms with Gasteiger partial charge in [0.1, 0.15) is 6.33 Å². The number of nitrogens with two attached hydrogens (primary N) is 1. The lowest BCUT2D eigenvalue weighted by Gasteiger charge is -2.22. The van der Waals surface area contributed by atoms with Crippen LogP contribution in [0, 0.1) is 0 Å². The van der Waals surface area contributed by atoms with Crippen LogP contribution in [0.4, 0.5) is 0 Å². The fourth-order valence-corrected chi connectivity index (χ4v) is 1.22. The van der Waals surface area contributed by atoms with E-state index in [1.165, 1.54) is 6.33 Å². The molecule has 1 atom stereocenters. The van der Waals surface area contributed by atoms with E-state index in [4.69, 9.17) is 17.3 Å². The SMILES string of the molecule is CCC(C)(N)c1ncncc1Cl. The average Bonchev–Trinajstić information content (AvgIpc) is 2.05. The molecule has 1 unspecified atom stereocenters. The minimum Gasteiger partial charge on any atom is -0.320 e. The summed E-state index contributed by atoms with van der Waals surface area (Å²) in [6.07, 6.45) is 3.82. The Kier molecular flexibility index (Phi) is 2.65. The molecule has 3 nitrogen and oxygen atoms in total. The van der Waals surface area contributed by atoms with Gasteiger partial charge in [-0.15, -0.1) is 0 Å². The Labute approximate surface area is 77.0 Å². The minimum absolute atomic E-state index is 0.458. The van der Waals surface area contributed by atoms with Gasteiger partial charge in [-0.3, -0.25) is 0 Å². The van der Waals surface area contributed by atoms with E-state index in [-0.39, 0.29) is 0 Å². The van der Waals surface area contributed by atoms with Crippen LogP contribution in [0.15, 0.2) is 12.5 Å². The molecule has 0 aliphatic carbocycles. The normalized spacial score (nSPS) is 15.7. The third kappa shape index (κ3) is 1.73. The van der Waals surface area contributed by atoms with Crippen molar-refractivity contribution in [2.24, 2.45) is 5.73 Å². The third-order valence-electron chi connectivity index (χ3n) is 1.94. The van der Waals surface area contributed by atoms with Crippen LogP contribution in [-0.2, 0) is 5.54 Å². The van der Waals surface area contributed by atoms with Crippen LogP contribution in [0.2, 0.25) is 5.02 Å². The Hall–Kier alpha value is -0.670. The minimum atomic E-state index is -0.458. The summed E-state index contributed by atoms with van der Waals surface area (Å²) in [6, 6.07) is 0. The zero-order valence-electron chi connectivity index (χ0n) is 7.21. The van der Waals surface area contributed by atoms with Crippen LogP contribution in [0.3, 0.4) is 0 Å². The lowest BCUT2D eigenvalue weighted by atomic mass is 9.96. The van der Waals surface area contributed by atoms with Crippen molar-refractivity contribution in [2.45, 2.75) is 25.8 Å². The van der Waals surface area contributed by atoms with Gasteiger partial charge in [0.25, 0.3) is 0 Å². The first-order valence-corrected chi connectivity index (χ1v) is 4.20. The smallest absolute Gasteiger partial charge is 0.115 e. The summed E-state index contributed by atoms with van der Waals surface area (Å²) in [7, 11) is 0. The highest BCUT2D eigenvalue weighted by molar-refractivity contribution is 6.31. The summed E-state index contributed by atoms with van der Waals surface area (Å²) in [4.78, 5) is 7.85. The second kappa shape index (κ2) is 3.37. The molecule has 2 N–H and O–H groups in total. The molecular weight excluding hydrogens is 174 g/mol. The largest absolute Gasteiger partial charge is 0.320 e. The van der Waals surface area contributed by atoms with Crippen LogP contribution in [0.1, 0.15) is 26.0 Å². The Morgan fingerprint density at radius 2 is 2.33 bits per heavy atom. The van der Waals surface area contributed by atoms with E-state index >= 15 is 0 Å². The number of halogens is 1. The van der Waals surface area contributed by atoms with Crippen molar-refractivity contribution in [2.75, 3.05) is 0 Å². The van der Waals surface area contributed by atoms with Crippen molar-refractivity contribution in [1.29, 1.82) is 0 Å². The number of nitrogens with zero attached hydrogens (tertiary/aromatic N) is 2. The molecule has 1 heterocycles. The number of hydrogen-bond acceptors (Lipinski definition) is 3. The molecule has 0 amide bonds. The molecule has 66 valence electrons. The fourth-order valence-electron chi connectivity index (χ4n) is 0.900. The van der Waals surface area contributed by atoms with Gasteiger partial charge in [0.2, 0.25) is 0 Å². The molecule has 0 bridgehead atoms. The topological polar surface area (TPSA) is 51.8 Å². The molecule has 0 fully saturated rings. The van der Waals surface area contributed by atoms with Crippen molar-refractivity contribution in [3.63, 3.8) is 0 Å². The molecule has 0 saturated heterocycles. The molecule has 0 aromatic carbocycles. The standard InChI is InChI=1S/C8H12ClN3/c1-3-8(2,10)7-6(9)4-11-5-12-7/h4-5H,3,10H2,1-2H3. The Morgan fingerprint density at radius 1 is 1.67 bits per heavy atom. The van der Waals surface area contributed by atoms with Crippen molar-refractivity contribution >= 4 is 11.6 Å². The molecule has 1 rings (SSSR count). The number of hydrogen-bond donors (Lipinski definition) is 1. The second-order valence-electron chi connectivity index (χ2n) is 2.99. The Bertz CT molecular complexity index is 273. The predicted octanol–water partition coefficient (Wildman–Crippen LogP) is 1.71. The molecule has 0 saturated carbocycles. The fraction of sp³-hybridized carbons (Fsp3) is 0.500. The second-order valence-corrected chi connectivity index (χ2v) is 3.40. The maximum absolute atomic E-state index is 5.96. The maximum Gasteiger partial charge on any atom is 0.115 e. The van der Waals surface area contributed by atoms with Crippen LogP contribution < -0.4 is 5.73 Å². The van der Waals surface area contributed by atoms with Gasteiger partial charge in [-0.1, -0.05) is 18.5 Å². The Morgan fingerprint density at radius 3 is 2.83 bits per heavy atom. The Balaban J connectivity index is 3.10. The van der Waals surface area contributed by atoms with Crippen molar-refractivity contribution in [3.8, 4) is 0 Å². The molecule has 0 aliphatic rings. The van der Waals surface area contributed by atoms with Crippen LogP contribution in [-0.4, -0.2) is 9.97 Å². The third-order valence-corrected chi connectivity index (χ3v) is 2.22. The molecule has 1 aromatic heterocycles. The summed E-state index contributed by atoms with van der Waals surface area (Å²) in [5.41, 5.74) is 6.21. The first-order valence-electron chi connectivity index (χ1n) is 3.83. The zero-order chi connectivity index (χ0) is 9.19. The quantitative estimate of drug-likeness (QED) is 0.764.